The van der Waals surface area contributed by atoms with Crippen molar-refractivity contribution in [3.8, 4) is 5.75 Å². The molecule has 2 rings (SSSR count). The Balaban J connectivity index is 2.22. The zero-order valence-electron chi connectivity index (χ0n) is 17.1. The van der Waals surface area contributed by atoms with Crippen LogP contribution in [0.5, 0.6) is 5.75 Å². The predicted molar refractivity (Wildman–Crippen MR) is 105 cm³/mol. The quantitative estimate of drug-likeness (QED) is 0.812. The first kappa shape index (κ1) is 20.6. The van der Waals surface area contributed by atoms with Crippen molar-refractivity contribution in [3.63, 3.8) is 0 Å². The van der Waals surface area contributed by atoms with Crippen molar-refractivity contribution in [2.45, 2.75) is 45.1 Å². The van der Waals surface area contributed by atoms with E-state index in [9.17, 15) is 4.79 Å². The second-order valence-electron chi connectivity index (χ2n) is 8.47. The first-order valence-electron chi connectivity index (χ1n) is 9.46. The molecule has 1 unspecified atom stereocenters. The monoisotopic (exact) mass is 362 g/mol. The van der Waals surface area contributed by atoms with Crippen LogP contribution in [0.25, 0.3) is 0 Å². The molecule has 0 aliphatic carbocycles. The van der Waals surface area contributed by atoms with Gasteiger partial charge in [-0.25, -0.2) is 4.79 Å². The van der Waals surface area contributed by atoms with Gasteiger partial charge in [0.05, 0.1) is 7.11 Å². The number of amides is 1. The highest BCUT2D eigenvalue weighted by Gasteiger charge is 2.32. The standard InChI is InChI=1S/C21H34N2O3/c1-21(2,3)26-20(24)23-12-8-11-19(17(15-23)14-22(4)5)16-9-7-10-18(13-16)25-6/h7,9-10,13,17,19H,8,11-12,14-15H2,1-6H3/t17-,19?/m0/s1. The molecule has 1 aliphatic heterocycles. The molecule has 1 fully saturated rings. The van der Waals surface area contributed by atoms with Crippen molar-refractivity contribution in [2.24, 2.45) is 5.92 Å². The molecular weight excluding hydrogens is 328 g/mol. The first-order chi connectivity index (χ1) is 12.2. The molecule has 0 saturated carbocycles. The van der Waals surface area contributed by atoms with Gasteiger partial charge in [0.1, 0.15) is 11.4 Å². The van der Waals surface area contributed by atoms with Gasteiger partial charge in [-0.1, -0.05) is 12.1 Å². The molecule has 5 heteroatoms. The van der Waals surface area contributed by atoms with Gasteiger partial charge in [0.2, 0.25) is 0 Å². The molecule has 1 aromatic carbocycles. The Bertz CT molecular complexity index is 595. The molecule has 2 atom stereocenters. The summed E-state index contributed by atoms with van der Waals surface area (Å²) < 4.78 is 11.0. The van der Waals surface area contributed by atoms with Crippen LogP contribution in [0.15, 0.2) is 24.3 Å². The molecule has 26 heavy (non-hydrogen) atoms. The maximum Gasteiger partial charge on any atom is 0.410 e. The fourth-order valence-corrected chi connectivity index (χ4v) is 3.70. The van der Waals surface area contributed by atoms with Crippen LogP contribution in [0, 0.1) is 5.92 Å². The van der Waals surface area contributed by atoms with E-state index in [4.69, 9.17) is 9.47 Å². The number of likely N-dealkylation sites (tertiary alicyclic amines) is 1. The zero-order chi connectivity index (χ0) is 19.3. The van der Waals surface area contributed by atoms with E-state index in [1.807, 2.05) is 31.7 Å². The first-order valence-corrected chi connectivity index (χ1v) is 9.46. The Morgan fingerprint density at radius 2 is 2.04 bits per heavy atom. The molecule has 1 heterocycles. The molecule has 0 spiro atoms. The van der Waals surface area contributed by atoms with E-state index in [1.54, 1.807) is 7.11 Å². The Hall–Kier alpha value is -1.75. The largest absolute Gasteiger partial charge is 0.497 e. The third kappa shape index (κ3) is 5.90. The summed E-state index contributed by atoms with van der Waals surface area (Å²) in [5, 5.41) is 0. The highest BCUT2D eigenvalue weighted by molar-refractivity contribution is 5.68. The summed E-state index contributed by atoms with van der Waals surface area (Å²) in [7, 11) is 5.88. The van der Waals surface area contributed by atoms with Crippen molar-refractivity contribution in [2.75, 3.05) is 40.8 Å². The van der Waals surface area contributed by atoms with Crippen LogP contribution in [0.1, 0.15) is 45.1 Å². The minimum absolute atomic E-state index is 0.201. The molecule has 1 saturated heterocycles. The highest BCUT2D eigenvalue weighted by Crippen LogP contribution is 2.35. The van der Waals surface area contributed by atoms with Crippen LogP contribution in [0.4, 0.5) is 4.79 Å². The van der Waals surface area contributed by atoms with E-state index in [1.165, 1.54) is 5.56 Å². The van der Waals surface area contributed by atoms with Crippen LogP contribution in [-0.2, 0) is 4.74 Å². The number of hydrogen-bond acceptors (Lipinski definition) is 4. The van der Waals surface area contributed by atoms with Gasteiger partial charge in [-0.05, 0) is 77.2 Å². The third-order valence-corrected chi connectivity index (χ3v) is 4.74. The van der Waals surface area contributed by atoms with Crippen LogP contribution >= 0.6 is 0 Å². The summed E-state index contributed by atoms with van der Waals surface area (Å²) in [4.78, 5) is 16.7. The predicted octanol–water partition coefficient (Wildman–Crippen LogP) is 3.99. The topological polar surface area (TPSA) is 42.0 Å². The Morgan fingerprint density at radius 3 is 2.65 bits per heavy atom. The summed E-state index contributed by atoms with van der Waals surface area (Å²) in [6.07, 6.45) is 1.84. The number of ether oxygens (including phenoxy) is 2. The Labute approximate surface area is 158 Å². The molecule has 0 aromatic heterocycles. The Morgan fingerprint density at radius 1 is 1.31 bits per heavy atom. The van der Waals surface area contributed by atoms with Gasteiger partial charge in [0.15, 0.2) is 0 Å². The number of rotatable bonds is 4. The zero-order valence-corrected chi connectivity index (χ0v) is 17.1. The van der Waals surface area contributed by atoms with E-state index in [0.29, 0.717) is 11.8 Å². The van der Waals surface area contributed by atoms with E-state index in [0.717, 1.165) is 38.2 Å². The third-order valence-electron chi connectivity index (χ3n) is 4.74. The summed E-state index contributed by atoms with van der Waals surface area (Å²) in [6, 6.07) is 8.35. The van der Waals surface area contributed by atoms with E-state index >= 15 is 0 Å². The fraction of sp³-hybridized carbons (Fsp3) is 0.667. The van der Waals surface area contributed by atoms with Gasteiger partial charge in [-0.3, -0.25) is 0 Å². The number of hydrogen-bond donors (Lipinski definition) is 0. The van der Waals surface area contributed by atoms with Gasteiger partial charge in [0, 0.05) is 19.6 Å². The summed E-state index contributed by atoms with van der Waals surface area (Å²) in [5.41, 5.74) is 0.828. The van der Waals surface area contributed by atoms with Gasteiger partial charge < -0.3 is 19.3 Å². The van der Waals surface area contributed by atoms with Gasteiger partial charge in [-0.15, -0.1) is 0 Å². The van der Waals surface area contributed by atoms with E-state index in [2.05, 4.69) is 37.2 Å². The number of nitrogens with zero attached hydrogens (tertiary/aromatic N) is 2. The molecular formula is C21H34N2O3. The molecule has 0 bridgehead atoms. The lowest BCUT2D eigenvalue weighted by Gasteiger charge is -2.32. The average molecular weight is 363 g/mol. The number of methoxy groups -OCH3 is 1. The molecule has 1 amide bonds. The molecule has 1 aliphatic rings. The van der Waals surface area contributed by atoms with Crippen molar-refractivity contribution < 1.29 is 14.3 Å². The normalized spacial score (nSPS) is 21.4. The maximum atomic E-state index is 12.6. The summed E-state index contributed by atoms with van der Waals surface area (Å²) >= 11 is 0. The smallest absolute Gasteiger partial charge is 0.410 e. The SMILES string of the molecule is COc1cccc(C2CCCN(C(=O)OC(C)(C)C)C[C@@H]2CN(C)C)c1. The fourth-order valence-electron chi connectivity index (χ4n) is 3.70. The second kappa shape index (κ2) is 8.76. The number of carbonyl (C=O) groups is 1. The van der Waals surface area contributed by atoms with Gasteiger partial charge >= 0.3 is 6.09 Å². The van der Waals surface area contributed by atoms with Crippen LogP contribution in [0.3, 0.4) is 0 Å². The van der Waals surface area contributed by atoms with Gasteiger partial charge in [0.25, 0.3) is 0 Å². The number of carbonyl (C=O) groups excluding carboxylic acids is 1. The molecule has 1 aromatic rings. The lowest BCUT2D eigenvalue weighted by molar-refractivity contribution is 0.0225. The average Bonchev–Trinajstić information content (AvgIpc) is 2.75. The lowest BCUT2D eigenvalue weighted by Crippen LogP contribution is -2.41. The minimum Gasteiger partial charge on any atom is -0.497 e. The van der Waals surface area contributed by atoms with Crippen LogP contribution in [0.2, 0.25) is 0 Å². The molecule has 146 valence electrons. The lowest BCUT2D eigenvalue weighted by atomic mass is 9.83. The minimum atomic E-state index is -0.466. The van der Waals surface area contributed by atoms with Crippen molar-refractivity contribution in [1.29, 1.82) is 0 Å². The summed E-state index contributed by atoms with van der Waals surface area (Å²) in [6.45, 7) is 8.15. The van der Waals surface area contributed by atoms with Crippen LogP contribution < -0.4 is 4.74 Å². The highest BCUT2D eigenvalue weighted by atomic mass is 16.6. The van der Waals surface area contributed by atoms with E-state index in [-0.39, 0.29) is 6.09 Å². The van der Waals surface area contributed by atoms with Crippen LogP contribution in [-0.4, -0.2) is 62.3 Å². The summed E-state index contributed by atoms with van der Waals surface area (Å²) in [5.74, 6) is 1.64. The number of benzene rings is 1. The van der Waals surface area contributed by atoms with Crippen molar-refractivity contribution in [1.82, 2.24) is 9.80 Å². The molecule has 0 N–H and O–H groups in total. The maximum absolute atomic E-state index is 12.6. The Kier molecular flexibility index (Phi) is 6.93. The van der Waals surface area contributed by atoms with Crippen molar-refractivity contribution >= 4 is 6.09 Å². The molecule has 5 nitrogen and oxygen atoms in total. The van der Waals surface area contributed by atoms with Gasteiger partial charge in [-0.2, -0.15) is 0 Å². The molecule has 0 radical (unpaired) electrons. The second-order valence-corrected chi connectivity index (χ2v) is 8.47. The van der Waals surface area contributed by atoms with Crippen molar-refractivity contribution in [3.05, 3.63) is 29.8 Å². The van der Waals surface area contributed by atoms with E-state index < -0.39 is 5.60 Å².